The lowest BCUT2D eigenvalue weighted by molar-refractivity contribution is -0.406. The van der Waals surface area contributed by atoms with Gasteiger partial charge >= 0.3 is 29.9 Å². The van der Waals surface area contributed by atoms with Gasteiger partial charge in [0.2, 0.25) is 0 Å². The number of unbranched alkanes of at least 4 members (excludes halogenated alkanes) is 6. The Labute approximate surface area is 213 Å². The van der Waals surface area contributed by atoms with E-state index >= 15 is 0 Å². The Balaban J connectivity index is 4.46. The number of halogens is 9. The molecule has 0 aliphatic heterocycles. The third-order valence-electron chi connectivity index (χ3n) is 5.91. The number of alkyl halides is 9. The molecule has 16 heteroatoms. The first kappa shape index (κ1) is 36.4. The number of rotatable bonds is 19. The fourth-order valence-electron chi connectivity index (χ4n) is 3.54. The third kappa shape index (κ3) is 8.69. The van der Waals surface area contributed by atoms with Gasteiger partial charge < -0.3 is 30.5 Å². The Kier molecular flexibility index (Phi) is 14.1. The summed E-state index contributed by atoms with van der Waals surface area (Å²) in [5.74, 6) is -21.0. The minimum atomic E-state index is -7.04. The molecule has 4 unspecified atom stereocenters. The Morgan fingerprint density at radius 2 is 1.29 bits per heavy atom. The number of esters is 1. The molecule has 5 N–H and O–H groups in total. The standard InChI is InChI=1S/C22H34F9NO6/c1-3-38-17(36)18(32,13-37-2)16(35)14(33)11-9-7-5-4-6-8-10-12-15(34)19(23,24)20(25,26)21(27,28)22(29,30)31/h3,14-16,33-35H,1,4-13,32H2,2H3. The molecule has 226 valence electrons. The van der Waals surface area contributed by atoms with E-state index in [1.54, 1.807) is 0 Å². The first-order valence-electron chi connectivity index (χ1n) is 11.6. The number of hydrogen-bond donors (Lipinski definition) is 4. The van der Waals surface area contributed by atoms with Crippen LogP contribution in [0.3, 0.4) is 0 Å². The largest absolute Gasteiger partial charge is 0.460 e. The van der Waals surface area contributed by atoms with Gasteiger partial charge in [-0.25, -0.2) is 4.79 Å². The van der Waals surface area contributed by atoms with Crippen molar-refractivity contribution in [1.29, 1.82) is 0 Å². The van der Waals surface area contributed by atoms with Gasteiger partial charge in [-0.15, -0.1) is 0 Å². The van der Waals surface area contributed by atoms with Crippen LogP contribution in [0.1, 0.15) is 57.8 Å². The van der Waals surface area contributed by atoms with Gasteiger partial charge in [0.05, 0.1) is 19.0 Å². The summed E-state index contributed by atoms with van der Waals surface area (Å²) in [5.41, 5.74) is 3.78. The van der Waals surface area contributed by atoms with Crippen molar-refractivity contribution >= 4 is 5.97 Å². The molecule has 0 heterocycles. The topological polar surface area (TPSA) is 122 Å². The molecule has 0 radical (unpaired) electrons. The van der Waals surface area contributed by atoms with Crippen LogP contribution in [0.15, 0.2) is 12.8 Å². The monoisotopic (exact) mass is 579 g/mol. The highest BCUT2D eigenvalue weighted by Crippen LogP contribution is 2.54. The van der Waals surface area contributed by atoms with Crippen molar-refractivity contribution in [3.63, 3.8) is 0 Å². The van der Waals surface area contributed by atoms with Crippen molar-refractivity contribution in [2.75, 3.05) is 13.7 Å². The number of aliphatic hydroxyl groups excluding tert-OH is 3. The van der Waals surface area contributed by atoms with Crippen LogP contribution in [0.4, 0.5) is 39.5 Å². The number of carbonyl (C=O) groups is 1. The highest BCUT2D eigenvalue weighted by atomic mass is 19.4. The van der Waals surface area contributed by atoms with Crippen molar-refractivity contribution in [3.05, 3.63) is 12.8 Å². The average Bonchev–Trinajstić information content (AvgIpc) is 2.81. The van der Waals surface area contributed by atoms with Gasteiger partial charge in [-0.1, -0.05) is 51.5 Å². The zero-order valence-electron chi connectivity index (χ0n) is 20.6. The minimum absolute atomic E-state index is 0.0310. The van der Waals surface area contributed by atoms with Gasteiger partial charge in [-0.3, -0.25) is 0 Å². The highest BCUT2D eigenvalue weighted by molar-refractivity contribution is 5.82. The zero-order chi connectivity index (χ0) is 30.0. The van der Waals surface area contributed by atoms with Crippen LogP contribution in [0.2, 0.25) is 0 Å². The van der Waals surface area contributed by atoms with Crippen molar-refractivity contribution < 1.29 is 69.1 Å². The SMILES string of the molecule is C=COC(=O)C(N)(COC)C(O)C(O)CCCCCCCCCC(O)C(F)(F)C(F)(F)C(F)(F)C(F)(F)F. The van der Waals surface area contributed by atoms with Crippen LogP contribution < -0.4 is 5.73 Å². The fraction of sp³-hybridized carbons (Fsp3) is 0.864. The molecule has 0 aromatic carbocycles. The number of methoxy groups -OCH3 is 1. The molecule has 0 rings (SSSR count). The molecule has 0 fully saturated rings. The average molecular weight is 579 g/mol. The van der Waals surface area contributed by atoms with Gasteiger partial charge in [0.25, 0.3) is 0 Å². The maximum absolute atomic E-state index is 13.6. The normalized spacial score (nSPS) is 17.4. The second-order valence-electron chi connectivity index (χ2n) is 8.90. The predicted octanol–water partition coefficient (Wildman–Crippen LogP) is 4.08. The lowest BCUT2D eigenvalue weighted by Crippen LogP contribution is -2.64. The lowest BCUT2D eigenvalue weighted by atomic mass is 9.88. The maximum Gasteiger partial charge on any atom is 0.460 e. The van der Waals surface area contributed by atoms with Gasteiger partial charge in [0.15, 0.2) is 5.54 Å². The second kappa shape index (κ2) is 14.7. The van der Waals surface area contributed by atoms with Crippen LogP contribution in [0, 0.1) is 0 Å². The van der Waals surface area contributed by atoms with Crippen LogP contribution >= 0.6 is 0 Å². The summed E-state index contributed by atoms with van der Waals surface area (Å²) in [6.45, 7) is 2.74. The smallest absolute Gasteiger partial charge is 0.434 e. The molecule has 0 aromatic rings. The molecule has 4 atom stereocenters. The number of carbonyl (C=O) groups excluding carboxylic acids is 1. The maximum atomic E-state index is 13.6. The zero-order valence-corrected chi connectivity index (χ0v) is 20.6. The van der Waals surface area contributed by atoms with Crippen LogP contribution in [0.5, 0.6) is 0 Å². The molecular weight excluding hydrogens is 545 g/mol. The first-order valence-corrected chi connectivity index (χ1v) is 11.6. The number of nitrogens with two attached hydrogens (primary N) is 1. The molecule has 0 aromatic heterocycles. The van der Waals surface area contributed by atoms with E-state index in [-0.39, 0.29) is 19.3 Å². The Bertz CT molecular complexity index is 739. The number of hydrogen-bond acceptors (Lipinski definition) is 7. The molecule has 0 spiro atoms. The van der Waals surface area contributed by atoms with Gasteiger partial charge in [-0.05, 0) is 12.8 Å². The van der Waals surface area contributed by atoms with E-state index in [0.29, 0.717) is 32.1 Å². The van der Waals surface area contributed by atoms with E-state index in [9.17, 15) is 59.6 Å². The van der Waals surface area contributed by atoms with E-state index < -0.39 is 66.8 Å². The van der Waals surface area contributed by atoms with Gasteiger partial charge in [-0.2, -0.15) is 39.5 Å². The first-order chi connectivity index (χ1) is 17.3. The summed E-state index contributed by atoms with van der Waals surface area (Å²) in [6.07, 6.45) is -11.8. The van der Waals surface area contributed by atoms with Crippen molar-refractivity contribution in [2.24, 2.45) is 5.73 Å². The lowest BCUT2D eigenvalue weighted by Gasteiger charge is -2.35. The summed E-state index contributed by atoms with van der Waals surface area (Å²) in [4.78, 5) is 12.0. The Hall–Kier alpha value is -1.62. The van der Waals surface area contributed by atoms with E-state index in [4.69, 9.17) is 10.5 Å². The summed E-state index contributed by atoms with van der Waals surface area (Å²) in [5, 5.41) is 29.7. The Morgan fingerprint density at radius 1 is 0.842 bits per heavy atom. The molecule has 0 aliphatic rings. The third-order valence-corrected chi connectivity index (χ3v) is 5.91. The molecule has 0 amide bonds. The van der Waals surface area contributed by atoms with Crippen molar-refractivity contribution in [1.82, 2.24) is 0 Å². The summed E-state index contributed by atoms with van der Waals surface area (Å²) in [6, 6.07) is 0. The fourth-order valence-corrected chi connectivity index (χ4v) is 3.54. The van der Waals surface area contributed by atoms with Crippen molar-refractivity contribution in [3.8, 4) is 0 Å². The molecular formula is C22H34F9NO6. The van der Waals surface area contributed by atoms with Gasteiger partial charge in [0.1, 0.15) is 12.2 Å². The molecule has 0 saturated heterocycles. The quantitative estimate of drug-likeness (QED) is 0.0788. The van der Waals surface area contributed by atoms with Crippen LogP contribution in [-0.2, 0) is 14.3 Å². The van der Waals surface area contributed by atoms with E-state index in [1.165, 1.54) is 7.11 Å². The highest BCUT2D eigenvalue weighted by Gasteiger charge is 2.82. The summed E-state index contributed by atoms with van der Waals surface area (Å²) >= 11 is 0. The molecule has 0 aliphatic carbocycles. The molecule has 38 heavy (non-hydrogen) atoms. The summed E-state index contributed by atoms with van der Waals surface area (Å²) in [7, 11) is 1.22. The van der Waals surface area contributed by atoms with Crippen LogP contribution in [-0.4, -0.2) is 82.8 Å². The van der Waals surface area contributed by atoms with E-state index in [1.807, 2.05) is 0 Å². The van der Waals surface area contributed by atoms with Crippen molar-refractivity contribution in [2.45, 2.75) is 106 Å². The second-order valence-corrected chi connectivity index (χ2v) is 8.90. The summed E-state index contributed by atoms with van der Waals surface area (Å²) < 4.78 is 125. The Morgan fingerprint density at radius 3 is 1.71 bits per heavy atom. The number of ether oxygens (including phenoxy) is 2. The molecule has 7 nitrogen and oxygen atoms in total. The van der Waals surface area contributed by atoms with Crippen LogP contribution in [0.25, 0.3) is 0 Å². The minimum Gasteiger partial charge on any atom is -0.434 e. The van der Waals surface area contributed by atoms with E-state index in [2.05, 4.69) is 11.3 Å². The molecule has 0 saturated carbocycles. The number of aliphatic hydroxyl groups is 3. The van der Waals surface area contributed by atoms with E-state index in [0.717, 1.165) is 6.26 Å². The molecule has 0 bridgehead atoms. The predicted molar refractivity (Wildman–Crippen MR) is 116 cm³/mol. The van der Waals surface area contributed by atoms with Gasteiger partial charge in [0, 0.05) is 7.11 Å².